The largest absolute Gasteiger partial charge is 0.497 e. The number of hydrogen-bond acceptors (Lipinski definition) is 6. The maximum Gasteiger partial charge on any atom is 0.305 e. The Morgan fingerprint density at radius 1 is 0.727 bits per heavy atom. The summed E-state index contributed by atoms with van der Waals surface area (Å²) in [5.41, 5.74) is 3.64. The third-order valence-corrected chi connectivity index (χ3v) is 7.22. The van der Waals surface area contributed by atoms with E-state index in [9.17, 15) is 19.5 Å². The molecule has 0 aromatic heterocycles. The van der Waals surface area contributed by atoms with Gasteiger partial charge in [0, 0.05) is 42.4 Å². The van der Waals surface area contributed by atoms with E-state index in [1.165, 1.54) is 4.90 Å². The average Bonchev–Trinajstić information content (AvgIpc) is 3.06. The highest BCUT2D eigenvalue weighted by Gasteiger charge is 2.23. The third kappa shape index (κ3) is 7.95. The second kappa shape index (κ2) is 15.2. The number of carbonyl (C=O) groups is 3. The van der Waals surface area contributed by atoms with Crippen LogP contribution in [0, 0.1) is 0 Å². The lowest BCUT2D eigenvalue weighted by molar-refractivity contribution is -0.137. The van der Waals surface area contributed by atoms with Crippen molar-refractivity contribution in [2.45, 2.75) is 19.4 Å². The first-order valence-electron chi connectivity index (χ1n) is 14.2. The van der Waals surface area contributed by atoms with Crippen molar-refractivity contribution in [2.75, 3.05) is 34.4 Å². The fraction of sp³-hybridized carbons (Fsp3) is 0.229. The summed E-state index contributed by atoms with van der Waals surface area (Å²) in [6.07, 6.45) is 0.236. The Bertz CT molecular complexity index is 1600. The number of aliphatic carboxylic acids is 1. The van der Waals surface area contributed by atoms with Crippen LogP contribution in [0.15, 0.2) is 91.0 Å². The Hall–Kier alpha value is -5.31. The van der Waals surface area contributed by atoms with Crippen LogP contribution in [0.1, 0.15) is 38.3 Å². The zero-order valence-corrected chi connectivity index (χ0v) is 25.0. The van der Waals surface area contributed by atoms with Crippen molar-refractivity contribution in [3.05, 3.63) is 113 Å². The molecule has 0 bridgehead atoms. The first kappa shape index (κ1) is 31.6. The average molecular weight is 597 g/mol. The van der Waals surface area contributed by atoms with Crippen molar-refractivity contribution >= 4 is 17.8 Å². The number of nitrogens with zero attached hydrogens (tertiary/aromatic N) is 1. The van der Waals surface area contributed by atoms with E-state index in [0.29, 0.717) is 45.9 Å². The fourth-order valence-electron chi connectivity index (χ4n) is 4.93. The smallest absolute Gasteiger partial charge is 0.305 e. The quantitative estimate of drug-likeness (QED) is 0.198. The SMILES string of the molecule is COc1cc(CCN(CCC(=O)O)C(=O)c2ccccc2-c2ccccc2C(=O)NCc2ccccc2OC)cc(OC)c1. The van der Waals surface area contributed by atoms with Crippen molar-refractivity contribution in [3.63, 3.8) is 0 Å². The van der Waals surface area contributed by atoms with Crippen LogP contribution in [0.25, 0.3) is 11.1 Å². The Labute approximate surface area is 257 Å². The lowest BCUT2D eigenvalue weighted by atomic mass is 9.94. The maximum absolute atomic E-state index is 14.1. The molecule has 4 aromatic carbocycles. The van der Waals surface area contributed by atoms with Gasteiger partial charge in [0.05, 0.1) is 27.8 Å². The monoisotopic (exact) mass is 596 g/mol. The number of rotatable bonds is 14. The van der Waals surface area contributed by atoms with Crippen LogP contribution >= 0.6 is 0 Å². The molecule has 0 atom stereocenters. The summed E-state index contributed by atoms with van der Waals surface area (Å²) >= 11 is 0. The molecular formula is C35H36N2O7. The molecule has 0 heterocycles. The standard InChI is InChI=1S/C35H36N2O7/c1-42-26-20-24(21-27(22-26)43-2)16-18-37(19-17-33(38)39)35(41)31-14-8-6-12-29(31)28-11-5-7-13-30(28)34(40)36-23-25-10-4-9-15-32(25)44-3/h4-15,20-22H,16-19,23H2,1-3H3,(H,36,40)(H,38,39). The molecule has 0 aliphatic heterocycles. The van der Waals surface area contributed by atoms with E-state index >= 15 is 0 Å². The molecule has 0 spiro atoms. The molecule has 0 radical (unpaired) electrons. The zero-order chi connectivity index (χ0) is 31.5. The maximum atomic E-state index is 14.1. The van der Waals surface area contributed by atoms with E-state index in [1.807, 2.05) is 42.5 Å². The summed E-state index contributed by atoms with van der Waals surface area (Å²) in [6, 6.07) is 27.1. The number of para-hydroxylation sites is 1. The highest BCUT2D eigenvalue weighted by molar-refractivity contribution is 6.06. The second-order valence-corrected chi connectivity index (χ2v) is 9.99. The van der Waals surface area contributed by atoms with Crippen LogP contribution in [-0.4, -0.2) is 62.2 Å². The Balaban J connectivity index is 1.62. The van der Waals surface area contributed by atoms with Crippen LogP contribution in [0.5, 0.6) is 17.2 Å². The van der Waals surface area contributed by atoms with Gasteiger partial charge in [-0.3, -0.25) is 14.4 Å². The number of carboxylic acids is 1. The van der Waals surface area contributed by atoms with Crippen molar-refractivity contribution in [1.82, 2.24) is 10.2 Å². The summed E-state index contributed by atoms with van der Waals surface area (Å²) in [5.74, 6) is 0.272. The van der Waals surface area contributed by atoms with E-state index in [-0.39, 0.29) is 37.9 Å². The number of nitrogens with one attached hydrogen (secondary N) is 1. The number of carbonyl (C=O) groups excluding carboxylic acids is 2. The van der Waals surface area contributed by atoms with Gasteiger partial charge in [-0.2, -0.15) is 0 Å². The van der Waals surface area contributed by atoms with Crippen molar-refractivity contribution in [3.8, 4) is 28.4 Å². The van der Waals surface area contributed by atoms with Gasteiger partial charge in [-0.25, -0.2) is 0 Å². The molecule has 0 saturated heterocycles. The Morgan fingerprint density at radius 2 is 1.32 bits per heavy atom. The molecule has 9 heteroatoms. The zero-order valence-electron chi connectivity index (χ0n) is 25.0. The first-order chi connectivity index (χ1) is 21.3. The van der Waals surface area contributed by atoms with Gasteiger partial charge in [0.2, 0.25) is 0 Å². The molecule has 0 aliphatic carbocycles. The van der Waals surface area contributed by atoms with Gasteiger partial charge >= 0.3 is 5.97 Å². The van der Waals surface area contributed by atoms with Crippen molar-refractivity contribution < 1.29 is 33.7 Å². The molecule has 4 rings (SSSR count). The third-order valence-electron chi connectivity index (χ3n) is 7.22. The Morgan fingerprint density at radius 3 is 1.95 bits per heavy atom. The normalized spacial score (nSPS) is 10.5. The molecule has 0 saturated carbocycles. The van der Waals surface area contributed by atoms with E-state index in [0.717, 1.165) is 11.1 Å². The van der Waals surface area contributed by atoms with Gasteiger partial charge in [0.15, 0.2) is 0 Å². The molecular weight excluding hydrogens is 560 g/mol. The first-order valence-corrected chi connectivity index (χ1v) is 14.2. The minimum Gasteiger partial charge on any atom is -0.497 e. The number of methoxy groups -OCH3 is 3. The molecule has 0 aliphatic rings. The van der Waals surface area contributed by atoms with E-state index in [1.54, 1.807) is 69.9 Å². The summed E-state index contributed by atoms with van der Waals surface area (Å²) in [7, 11) is 4.71. The van der Waals surface area contributed by atoms with Gasteiger partial charge in [-0.1, -0.05) is 54.6 Å². The fourth-order valence-corrected chi connectivity index (χ4v) is 4.93. The van der Waals surface area contributed by atoms with Crippen LogP contribution < -0.4 is 19.5 Å². The number of ether oxygens (including phenoxy) is 3. The molecule has 44 heavy (non-hydrogen) atoms. The highest BCUT2D eigenvalue weighted by atomic mass is 16.5. The lowest BCUT2D eigenvalue weighted by Crippen LogP contribution is -2.35. The molecule has 0 unspecified atom stereocenters. The molecule has 4 aromatic rings. The lowest BCUT2D eigenvalue weighted by Gasteiger charge is -2.24. The van der Waals surface area contributed by atoms with Crippen LogP contribution in [0.2, 0.25) is 0 Å². The number of hydrogen-bond donors (Lipinski definition) is 2. The molecule has 228 valence electrons. The summed E-state index contributed by atoms with van der Waals surface area (Å²) in [6.45, 7) is 0.540. The van der Waals surface area contributed by atoms with Gasteiger partial charge in [-0.05, 0) is 53.4 Å². The van der Waals surface area contributed by atoms with Gasteiger partial charge in [-0.15, -0.1) is 0 Å². The van der Waals surface area contributed by atoms with Crippen LogP contribution in [-0.2, 0) is 17.8 Å². The Kier molecular flexibility index (Phi) is 11.0. The molecule has 0 fully saturated rings. The predicted octanol–water partition coefficient (Wildman–Crippen LogP) is 5.47. The highest BCUT2D eigenvalue weighted by Crippen LogP contribution is 2.29. The predicted molar refractivity (Wildman–Crippen MR) is 167 cm³/mol. The van der Waals surface area contributed by atoms with Gasteiger partial charge in [0.25, 0.3) is 11.8 Å². The van der Waals surface area contributed by atoms with Crippen LogP contribution in [0.3, 0.4) is 0 Å². The topological polar surface area (TPSA) is 114 Å². The van der Waals surface area contributed by atoms with Crippen molar-refractivity contribution in [2.24, 2.45) is 0 Å². The van der Waals surface area contributed by atoms with Gasteiger partial charge < -0.3 is 29.5 Å². The minimum atomic E-state index is -1.00. The molecule has 2 amide bonds. The van der Waals surface area contributed by atoms with E-state index in [4.69, 9.17) is 14.2 Å². The summed E-state index contributed by atoms with van der Waals surface area (Å²) < 4.78 is 16.1. The molecule has 9 nitrogen and oxygen atoms in total. The molecule has 2 N–H and O–H groups in total. The number of benzene rings is 4. The van der Waals surface area contributed by atoms with Crippen LogP contribution in [0.4, 0.5) is 0 Å². The van der Waals surface area contributed by atoms with E-state index < -0.39 is 5.97 Å². The summed E-state index contributed by atoms with van der Waals surface area (Å²) in [4.78, 5) is 40.5. The van der Waals surface area contributed by atoms with Crippen molar-refractivity contribution in [1.29, 1.82) is 0 Å². The number of carboxylic acid groups (broad SMARTS) is 1. The summed E-state index contributed by atoms with van der Waals surface area (Å²) in [5, 5.41) is 12.4. The number of amides is 2. The van der Waals surface area contributed by atoms with Gasteiger partial charge in [0.1, 0.15) is 17.2 Å². The second-order valence-electron chi connectivity index (χ2n) is 9.99. The van der Waals surface area contributed by atoms with E-state index in [2.05, 4.69) is 5.32 Å². The minimum absolute atomic E-state index is 0.0185.